The van der Waals surface area contributed by atoms with E-state index in [1.54, 1.807) is 0 Å². The average molecular weight is 353 g/mol. The third-order valence-corrected chi connectivity index (χ3v) is 7.34. The number of hydrogen-bond donors (Lipinski definition) is 1. The first-order valence-electron chi connectivity index (χ1n) is 9.05. The van der Waals surface area contributed by atoms with Crippen LogP contribution < -0.4 is 5.32 Å². The highest BCUT2D eigenvalue weighted by molar-refractivity contribution is 8.01. The van der Waals surface area contributed by atoms with Crippen molar-refractivity contribution in [3.63, 3.8) is 0 Å². The van der Waals surface area contributed by atoms with Gasteiger partial charge in [0.1, 0.15) is 0 Å². The Bertz CT molecular complexity index is 763. The van der Waals surface area contributed by atoms with Crippen molar-refractivity contribution in [2.24, 2.45) is 16.8 Å². The number of nitrogens with one attached hydrogen (secondary N) is 1. The maximum absolute atomic E-state index is 13.0. The van der Waals surface area contributed by atoms with E-state index in [-0.39, 0.29) is 16.6 Å². The molecule has 1 aromatic rings. The molecule has 2 heterocycles. The standard InChI is InChI=1S/C21H24N2OS/c1-14(2)15-6-8-16(9-7-15)23-20(24)17-13-25-21-11-4-3-5-19(21)22-12-10-18(17)21/h3-9,12,14,17-18H,10-11,13H2,1-2H3,(H,23,24). The maximum atomic E-state index is 13.0. The molecule has 0 radical (unpaired) electrons. The van der Waals surface area contributed by atoms with Crippen LogP contribution in [0, 0.1) is 11.8 Å². The van der Waals surface area contributed by atoms with Gasteiger partial charge in [0, 0.05) is 17.7 Å². The van der Waals surface area contributed by atoms with Crippen LogP contribution in [-0.4, -0.2) is 22.6 Å². The van der Waals surface area contributed by atoms with E-state index >= 15 is 0 Å². The smallest absolute Gasteiger partial charge is 0.228 e. The molecule has 0 bridgehead atoms. The first-order valence-corrected chi connectivity index (χ1v) is 10.0. The number of amides is 1. The average Bonchev–Trinajstić information content (AvgIpc) is 3.00. The summed E-state index contributed by atoms with van der Waals surface area (Å²) in [5, 5.41) is 3.14. The van der Waals surface area contributed by atoms with E-state index < -0.39 is 0 Å². The number of carbonyl (C=O) groups excluding carboxylic acids is 1. The highest BCUT2D eigenvalue weighted by Gasteiger charge is 2.54. The van der Waals surface area contributed by atoms with Crippen molar-refractivity contribution in [3.05, 3.63) is 53.8 Å². The van der Waals surface area contributed by atoms with E-state index in [0.717, 1.165) is 30.0 Å². The quantitative estimate of drug-likeness (QED) is 0.850. The first kappa shape index (κ1) is 16.6. The van der Waals surface area contributed by atoms with Crippen LogP contribution in [0.3, 0.4) is 0 Å². The summed E-state index contributed by atoms with van der Waals surface area (Å²) in [6.07, 6.45) is 10.3. The second-order valence-electron chi connectivity index (χ2n) is 7.41. The Kier molecular flexibility index (Phi) is 4.32. The number of nitrogens with zero attached hydrogens (tertiary/aromatic N) is 1. The zero-order chi connectivity index (χ0) is 17.4. The summed E-state index contributed by atoms with van der Waals surface area (Å²) < 4.78 is 0.00695. The summed E-state index contributed by atoms with van der Waals surface area (Å²) in [5.74, 6) is 1.89. The van der Waals surface area contributed by atoms with E-state index in [1.807, 2.05) is 30.1 Å². The van der Waals surface area contributed by atoms with Gasteiger partial charge < -0.3 is 5.32 Å². The van der Waals surface area contributed by atoms with Gasteiger partial charge in [-0.05, 0) is 48.4 Å². The number of anilines is 1. The largest absolute Gasteiger partial charge is 0.326 e. The van der Waals surface area contributed by atoms with Crippen LogP contribution in [0.1, 0.15) is 38.2 Å². The molecule has 3 unspecified atom stereocenters. The Morgan fingerprint density at radius 1 is 1.32 bits per heavy atom. The molecule has 1 aromatic carbocycles. The summed E-state index contributed by atoms with van der Waals surface area (Å²) in [5.41, 5.74) is 3.33. The lowest BCUT2D eigenvalue weighted by Crippen LogP contribution is -2.41. The molecule has 1 spiro atoms. The SMILES string of the molecule is CC(C)c1ccc(NC(=O)C2CSC34CC=CC=C3N=CCC24)cc1. The van der Waals surface area contributed by atoms with Gasteiger partial charge in [-0.2, -0.15) is 0 Å². The minimum atomic E-state index is 0.00695. The van der Waals surface area contributed by atoms with Gasteiger partial charge in [0.25, 0.3) is 0 Å². The molecule has 2 aliphatic heterocycles. The third kappa shape index (κ3) is 2.86. The monoisotopic (exact) mass is 352 g/mol. The summed E-state index contributed by atoms with van der Waals surface area (Å²) >= 11 is 1.92. The molecule has 1 saturated heterocycles. The fourth-order valence-corrected chi connectivity index (χ4v) is 5.94. The maximum Gasteiger partial charge on any atom is 0.228 e. The third-order valence-electron chi connectivity index (χ3n) is 5.62. The van der Waals surface area contributed by atoms with Gasteiger partial charge in [-0.15, -0.1) is 11.8 Å². The van der Waals surface area contributed by atoms with Crippen LogP contribution in [0.25, 0.3) is 0 Å². The Morgan fingerprint density at radius 2 is 2.12 bits per heavy atom. The highest BCUT2D eigenvalue weighted by Crippen LogP contribution is 2.57. The summed E-state index contributed by atoms with van der Waals surface area (Å²) in [6, 6.07) is 8.24. The first-order chi connectivity index (χ1) is 12.1. The second kappa shape index (κ2) is 6.49. The molecule has 3 nitrogen and oxygen atoms in total. The topological polar surface area (TPSA) is 41.5 Å². The Balaban J connectivity index is 1.51. The molecular formula is C21H24N2OS. The summed E-state index contributed by atoms with van der Waals surface area (Å²) in [6.45, 7) is 4.36. The molecule has 1 fully saturated rings. The van der Waals surface area contributed by atoms with Crippen molar-refractivity contribution in [3.8, 4) is 0 Å². The number of rotatable bonds is 3. The normalized spacial score (nSPS) is 30.0. The lowest BCUT2D eigenvalue weighted by atomic mass is 9.73. The molecule has 0 aromatic heterocycles. The number of carbonyl (C=O) groups is 1. The molecule has 0 saturated carbocycles. The van der Waals surface area contributed by atoms with Gasteiger partial charge in [-0.1, -0.05) is 38.1 Å². The van der Waals surface area contributed by atoms with E-state index in [2.05, 4.69) is 54.5 Å². The number of hydrogen-bond acceptors (Lipinski definition) is 3. The zero-order valence-electron chi connectivity index (χ0n) is 14.7. The van der Waals surface area contributed by atoms with Crippen molar-refractivity contribution in [1.82, 2.24) is 0 Å². The van der Waals surface area contributed by atoms with Crippen molar-refractivity contribution < 1.29 is 4.79 Å². The van der Waals surface area contributed by atoms with Crippen molar-refractivity contribution in [2.75, 3.05) is 11.1 Å². The predicted octanol–water partition coefficient (Wildman–Crippen LogP) is 4.78. The fourth-order valence-electron chi connectivity index (χ4n) is 4.13. The van der Waals surface area contributed by atoms with E-state index in [4.69, 9.17) is 0 Å². The number of allylic oxidation sites excluding steroid dienone is 3. The summed E-state index contributed by atoms with van der Waals surface area (Å²) in [7, 11) is 0. The van der Waals surface area contributed by atoms with Gasteiger partial charge in [0.2, 0.25) is 5.91 Å². The number of benzene rings is 1. The predicted molar refractivity (Wildman–Crippen MR) is 106 cm³/mol. The number of aliphatic imine (C=N–C) groups is 1. The van der Waals surface area contributed by atoms with Gasteiger partial charge in [-0.25, -0.2) is 0 Å². The number of thioether (sulfide) groups is 1. The zero-order valence-corrected chi connectivity index (χ0v) is 15.6. The van der Waals surface area contributed by atoms with Crippen LogP contribution in [0.2, 0.25) is 0 Å². The van der Waals surface area contributed by atoms with Gasteiger partial charge in [0.15, 0.2) is 0 Å². The Labute approximate surface area is 153 Å². The molecule has 1 amide bonds. The Hall–Kier alpha value is -1.81. The summed E-state index contributed by atoms with van der Waals surface area (Å²) in [4.78, 5) is 17.6. The highest BCUT2D eigenvalue weighted by atomic mass is 32.2. The van der Waals surface area contributed by atoms with Gasteiger partial charge >= 0.3 is 0 Å². The van der Waals surface area contributed by atoms with Crippen LogP contribution in [0.5, 0.6) is 0 Å². The molecule has 3 aliphatic rings. The van der Waals surface area contributed by atoms with E-state index in [0.29, 0.717) is 11.8 Å². The second-order valence-corrected chi connectivity index (χ2v) is 8.76. The Morgan fingerprint density at radius 3 is 2.88 bits per heavy atom. The van der Waals surface area contributed by atoms with Crippen molar-refractivity contribution >= 4 is 29.6 Å². The van der Waals surface area contributed by atoms with Crippen LogP contribution in [0.15, 0.2) is 53.2 Å². The molecule has 4 heteroatoms. The van der Waals surface area contributed by atoms with Gasteiger partial charge in [0.05, 0.1) is 16.4 Å². The molecule has 130 valence electrons. The lowest BCUT2D eigenvalue weighted by molar-refractivity contribution is -0.120. The van der Waals surface area contributed by atoms with E-state index in [1.165, 1.54) is 5.56 Å². The molecule has 1 aliphatic carbocycles. The van der Waals surface area contributed by atoms with Crippen molar-refractivity contribution in [2.45, 2.75) is 37.4 Å². The van der Waals surface area contributed by atoms with Crippen LogP contribution >= 0.6 is 11.8 Å². The van der Waals surface area contributed by atoms with E-state index in [9.17, 15) is 4.79 Å². The van der Waals surface area contributed by atoms with Crippen LogP contribution in [0.4, 0.5) is 5.69 Å². The molecule has 4 rings (SSSR count). The van der Waals surface area contributed by atoms with Gasteiger partial charge in [-0.3, -0.25) is 9.79 Å². The molecular weight excluding hydrogens is 328 g/mol. The molecule has 1 N–H and O–H groups in total. The fraction of sp³-hybridized carbons (Fsp3) is 0.429. The van der Waals surface area contributed by atoms with Crippen molar-refractivity contribution in [1.29, 1.82) is 0 Å². The molecule has 3 atom stereocenters. The minimum absolute atomic E-state index is 0.00695. The van der Waals surface area contributed by atoms with Crippen LogP contribution in [-0.2, 0) is 4.79 Å². The molecule has 25 heavy (non-hydrogen) atoms. The lowest BCUT2D eigenvalue weighted by Gasteiger charge is -2.39. The minimum Gasteiger partial charge on any atom is -0.326 e.